The highest BCUT2D eigenvalue weighted by molar-refractivity contribution is 6.31. The predicted octanol–water partition coefficient (Wildman–Crippen LogP) is 4.66. The monoisotopic (exact) mass is 386 g/mol. The summed E-state index contributed by atoms with van der Waals surface area (Å²) in [5.41, 5.74) is 2.82. The molecule has 3 aromatic rings. The third-order valence-corrected chi connectivity index (χ3v) is 4.39. The minimum Gasteiger partial charge on any atom is -0.469 e. The molecule has 140 valence electrons. The lowest BCUT2D eigenvalue weighted by molar-refractivity contribution is -0.141. The number of rotatable bonds is 6. The average molecular weight is 387 g/mol. The zero-order valence-corrected chi connectivity index (χ0v) is 15.8. The van der Waals surface area contributed by atoms with Crippen LogP contribution >= 0.6 is 11.6 Å². The summed E-state index contributed by atoms with van der Waals surface area (Å²) in [6.45, 7) is 2.05. The molecule has 2 aromatic carbocycles. The Bertz CT molecular complexity index is 966. The van der Waals surface area contributed by atoms with E-state index in [0.717, 1.165) is 12.0 Å². The summed E-state index contributed by atoms with van der Waals surface area (Å²) in [6, 6.07) is 12.7. The van der Waals surface area contributed by atoms with Gasteiger partial charge < -0.3 is 9.15 Å². The van der Waals surface area contributed by atoms with Crippen molar-refractivity contribution in [3.8, 4) is 0 Å². The van der Waals surface area contributed by atoms with Gasteiger partial charge in [0.2, 0.25) is 5.91 Å². The van der Waals surface area contributed by atoms with Crippen LogP contribution in [-0.2, 0) is 20.7 Å². The third-order valence-electron chi connectivity index (χ3n) is 4.15. The minimum atomic E-state index is -0.450. The highest BCUT2D eigenvalue weighted by Crippen LogP contribution is 2.30. The van der Waals surface area contributed by atoms with E-state index in [0.29, 0.717) is 21.8 Å². The molecule has 0 aliphatic carbocycles. The van der Waals surface area contributed by atoms with Crippen LogP contribution in [0.2, 0.25) is 5.02 Å². The number of carbonyl (C=O) groups excluding carboxylic acids is 2. The molecule has 27 heavy (non-hydrogen) atoms. The lowest BCUT2D eigenvalue weighted by Crippen LogP contribution is -2.26. The number of hydrogen-bond donors (Lipinski definition) is 0. The van der Waals surface area contributed by atoms with E-state index in [-0.39, 0.29) is 24.8 Å². The molecule has 1 aromatic heterocycles. The normalized spacial score (nSPS) is 10.8. The van der Waals surface area contributed by atoms with Crippen molar-refractivity contribution in [3.63, 3.8) is 0 Å². The van der Waals surface area contributed by atoms with Gasteiger partial charge in [-0.2, -0.15) is 4.98 Å². The van der Waals surface area contributed by atoms with Gasteiger partial charge in [0.1, 0.15) is 5.52 Å². The van der Waals surface area contributed by atoms with Gasteiger partial charge in [-0.25, -0.2) is 4.90 Å². The number of carbonyl (C=O) groups is 2. The fraction of sp³-hybridized carbons (Fsp3) is 0.250. The van der Waals surface area contributed by atoms with Crippen LogP contribution in [-0.4, -0.2) is 24.0 Å². The van der Waals surface area contributed by atoms with Crippen LogP contribution in [0, 0.1) is 0 Å². The molecule has 1 amide bonds. The molecule has 0 aliphatic rings. The number of methoxy groups -OCH3 is 1. The van der Waals surface area contributed by atoms with Gasteiger partial charge in [0.25, 0.3) is 0 Å². The predicted molar refractivity (Wildman–Crippen MR) is 103 cm³/mol. The zero-order valence-electron chi connectivity index (χ0n) is 15.1. The van der Waals surface area contributed by atoms with Crippen LogP contribution in [0.5, 0.6) is 0 Å². The fourth-order valence-corrected chi connectivity index (χ4v) is 2.82. The molecule has 7 heteroatoms. The second kappa shape index (κ2) is 8.22. The third kappa shape index (κ3) is 4.28. The van der Waals surface area contributed by atoms with Gasteiger partial charge in [0.15, 0.2) is 5.58 Å². The van der Waals surface area contributed by atoms with Gasteiger partial charge in [0.05, 0.1) is 19.2 Å². The van der Waals surface area contributed by atoms with E-state index >= 15 is 0 Å². The molecule has 0 N–H and O–H groups in total. The Morgan fingerprint density at radius 1 is 1.15 bits per heavy atom. The highest BCUT2D eigenvalue weighted by Gasteiger charge is 2.24. The van der Waals surface area contributed by atoms with Crippen molar-refractivity contribution in [1.29, 1.82) is 0 Å². The Hall–Kier alpha value is -2.86. The van der Waals surface area contributed by atoms with Crippen molar-refractivity contribution in [2.24, 2.45) is 0 Å². The molecule has 0 spiro atoms. The number of benzene rings is 2. The van der Waals surface area contributed by atoms with Crippen molar-refractivity contribution in [1.82, 2.24) is 4.98 Å². The Balaban J connectivity index is 1.99. The number of aromatic nitrogens is 1. The first kappa shape index (κ1) is 18.9. The summed E-state index contributed by atoms with van der Waals surface area (Å²) in [5.74, 6) is -0.767. The topological polar surface area (TPSA) is 72.6 Å². The Morgan fingerprint density at radius 2 is 1.89 bits per heavy atom. The zero-order chi connectivity index (χ0) is 19.4. The van der Waals surface area contributed by atoms with Gasteiger partial charge in [-0.05, 0) is 42.3 Å². The number of ether oxygens (including phenoxy) is 1. The summed E-state index contributed by atoms with van der Waals surface area (Å²) in [6.07, 6.45) is 0.838. The summed E-state index contributed by atoms with van der Waals surface area (Å²) >= 11 is 6.01. The number of fused-ring (bicyclic) bond motifs is 1. The number of esters is 1. The van der Waals surface area contributed by atoms with Gasteiger partial charge in [-0.1, -0.05) is 30.7 Å². The number of halogens is 1. The van der Waals surface area contributed by atoms with Crippen LogP contribution in [0.4, 0.5) is 11.7 Å². The molecule has 0 unspecified atom stereocenters. The van der Waals surface area contributed by atoms with Crippen molar-refractivity contribution in [2.75, 3.05) is 12.0 Å². The maximum Gasteiger partial charge on any atom is 0.310 e. The quantitative estimate of drug-likeness (QED) is 0.576. The van der Waals surface area contributed by atoms with Crippen LogP contribution in [0.3, 0.4) is 0 Å². The summed E-state index contributed by atoms with van der Waals surface area (Å²) in [5, 5.41) is 0.526. The molecular weight excluding hydrogens is 368 g/mol. The SMILES string of the molecule is CCc1ccc(N(C(=O)CCC(=O)OC)c2nc3cc(Cl)ccc3o2)cc1. The van der Waals surface area contributed by atoms with E-state index in [2.05, 4.69) is 16.6 Å². The van der Waals surface area contributed by atoms with E-state index in [1.807, 2.05) is 24.3 Å². The molecule has 6 nitrogen and oxygen atoms in total. The molecule has 0 aliphatic heterocycles. The molecule has 0 saturated heterocycles. The van der Waals surface area contributed by atoms with Crippen LogP contribution < -0.4 is 4.90 Å². The molecule has 0 saturated carbocycles. The number of hydrogen-bond acceptors (Lipinski definition) is 5. The first-order valence-corrected chi connectivity index (χ1v) is 8.94. The second-order valence-corrected chi connectivity index (χ2v) is 6.37. The summed E-state index contributed by atoms with van der Waals surface area (Å²) < 4.78 is 10.4. The van der Waals surface area contributed by atoms with Crippen molar-refractivity contribution < 1.29 is 18.7 Å². The van der Waals surface area contributed by atoms with Crippen molar-refractivity contribution in [2.45, 2.75) is 26.2 Å². The van der Waals surface area contributed by atoms with E-state index < -0.39 is 5.97 Å². The minimum absolute atomic E-state index is 0.0229. The Labute approximate surface area is 161 Å². The van der Waals surface area contributed by atoms with Gasteiger partial charge >= 0.3 is 12.0 Å². The van der Waals surface area contributed by atoms with Crippen LogP contribution in [0.1, 0.15) is 25.3 Å². The van der Waals surface area contributed by atoms with Gasteiger partial charge in [0, 0.05) is 11.4 Å². The Morgan fingerprint density at radius 3 is 2.56 bits per heavy atom. The standard InChI is InChI=1S/C20H19ClN2O4/c1-3-13-4-7-15(8-5-13)23(18(24)10-11-19(25)26-2)20-22-16-12-14(21)6-9-17(16)27-20/h4-9,12H,3,10-11H2,1-2H3. The molecule has 0 atom stereocenters. The lowest BCUT2D eigenvalue weighted by atomic mass is 10.1. The van der Waals surface area contributed by atoms with E-state index in [4.69, 9.17) is 16.0 Å². The van der Waals surface area contributed by atoms with E-state index in [9.17, 15) is 9.59 Å². The van der Waals surface area contributed by atoms with Crippen molar-refractivity contribution >= 4 is 46.3 Å². The maximum atomic E-state index is 12.9. The number of amides is 1. The molecule has 0 fully saturated rings. The van der Waals surface area contributed by atoms with Crippen LogP contribution in [0.25, 0.3) is 11.1 Å². The molecule has 0 bridgehead atoms. The Kier molecular flexibility index (Phi) is 5.76. The van der Waals surface area contributed by atoms with Gasteiger partial charge in [-0.15, -0.1) is 0 Å². The van der Waals surface area contributed by atoms with E-state index in [1.54, 1.807) is 18.2 Å². The van der Waals surface area contributed by atoms with E-state index in [1.165, 1.54) is 12.0 Å². The molecule has 0 radical (unpaired) electrons. The first-order chi connectivity index (χ1) is 13.0. The van der Waals surface area contributed by atoms with Crippen LogP contribution in [0.15, 0.2) is 46.9 Å². The number of anilines is 2. The number of oxazole rings is 1. The lowest BCUT2D eigenvalue weighted by Gasteiger charge is -2.19. The number of nitrogens with zero attached hydrogens (tertiary/aromatic N) is 2. The smallest absolute Gasteiger partial charge is 0.310 e. The van der Waals surface area contributed by atoms with Gasteiger partial charge in [-0.3, -0.25) is 9.59 Å². The van der Waals surface area contributed by atoms with Crippen molar-refractivity contribution in [3.05, 3.63) is 53.1 Å². The largest absolute Gasteiger partial charge is 0.469 e. The number of aryl methyl sites for hydroxylation is 1. The summed E-state index contributed by atoms with van der Waals surface area (Å²) in [4.78, 5) is 30.1. The average Bonchev–Trinajstić information content (AvgIpc) is 3.09. The fourth-order valence-electron chi connectivity index (χ4n) is 2.65. The molecular formula is C20H19ClN2O4. The molecule has 1 heterocycles. The second-order valence-electron chi connectivity index (χ2n) is 5.93. The maximum absolute atomic E-state index is 12.9. The highest BCUT2D eigenvalue weighted by atomic mass is 35.5. The first-order valence-electron chi connectivity index (χ1n) is 8.56. The molecule has 3 rings (SSSR count). The summed E-state index contributed by atoms with van der Waals surface area (Å²) in [7, 11) is 1.29.